The minimum Gasteiger partial charge on any atom is -0.261 e. The van der Waals surface area contributed by atoms with Crippen LogP contribution >= 0.6 is 0 Å². The molecular weight excluding hydrogens is 186 g/mol. The van der Waals surface area contributed by atoms with Gasteiger partial charge < -0.3 is 0 Å². The van der Waals surface area contributed by atoms with E-state index in [4.69, 9.17) is 0 Å². The summed E-state index contributed by atoms with van der Waals surface area (Å²) in [5.74, 6) is 0. The summed E-state index contributed by atoms with van der Waals surface area (Å²) in [6.07, 6.45) is 4.50. The quantitative estimate of drug-likeness (QED) is 0.698. The number of fused-ring (bicyclic) bond motifs is 1. The van der Waals surface area contributed by atoms with Gasteiger partial charge in [-0.25, -0.2) is 5.11 Å². The fourth-order valence-electron chi connectivity index (χ4n) is 1.67. The van der Waals surface area contributed by atoms with Crippen molar-refractivity contribution in [3.8, 4) is 0 Å². The highest BCUT2D eigenvalue weighted by molar-refractivity contribution is 5.81. The zero-order chi connectivity index (χ0) is 10.5. The predicted molar refractivity (Wildman–Crippen MR) is 60.2 cm³/mol. The number of pyridine rings is 1. The molecule has 2 nitrogen and oxygen atoms in total. The van der Waals surface area contributed by atoms with Crippen LogP contribution in [0.25, 0.3) is 10.8 Å². The fraction of sp³-hybridized carbons (Fsp3) is 0.308. The maximum absolute atomic E-state index is 10.3. The SMILES string of the molecule is [O]CCCCc1cc2ccccc2cn1. The summed E-state index contributed by atoms with van der Waals surface area (Å²) in [6.45, 7) is 0.0214. The molecule has 0 atom stereocenters. The molecule has 1 aromatic carbocycles. The molecule has 2 rings (SSSR count). The number of hydrogen-bond donors (Lipinski definition) is 0. The first-order chi connectivity index (χ1) is 7.40. The maximum atomic E-state index is 10.3. The van der Waals surface area contributed by atoms with Gasteiger partial charge in [0.25, 0.3) is 0 Å². The van der Waals surface area contributed by atoms with E-state index in [2.05, 4.69) is 23.2 Å². The Morgan fingerprint density at radius 1 is 1.07 bits per heavy atom. The summed E-state index contributed by atoms with van der Waals surface area (Å²) in [6, 6.07) is 10.3. The topological polar surface area (TPSA) is 32.8 Å². The van der Waals surface area contributed by atoms with Crippen LogP contribution < -0.4 is 0 Å². The normalized spacial score (nSPS) is 10.7. The molecule has 2 heteroatoms. The van der Waals surface area contributed by atoms with Crippen molar-refractivity contribution in [2.75, 3.05) is 6.61 Å². The molecule has 0 spiro atoms. The molecule has 0 N–H and O–H groups in total. The Labute approximate surface area is 89.6 Å². The summed E-state index contributed by atoms with van der Waals surface area (Å²) < 4.78 is 0. The molecule has 1 heterocycles. The number of benzene rings is 1. The first kappa shape index (κ1) is 10.1. The van der Waals surface area contributed by atoms with Gasteiger partial charge in [-0.3, -0.25) is 4.98 Å². The Morgan fingerprint density at radius 2 is 1.87 bits per heavy atom. The van der Waals surface area contributed by atoms with Crippen LogP contribution in [0.5, 0.6) is 0 Å². The van der Waals surface area contributed by atoms with E-state index >= 15 is 0 Å². The molecule has 2 aromatic rings. The number of unbranched alkanes of at least 4 members (excludes halogenated alkanes) is 1. The van der Waals surface area contributed by atoms with Gasteiger partial charge in [-0.15, -0.1) is 0 Å². The van der Waals surface area contributed by atoms with Crippen LogP contribution in [0.4, 0.5) is 0 Å². The van der Waals surface area contributed by atoms with Gasteiger partial charge in [0.2, 0.25) is 0 Å². The molecule has 15 heavy (non-hydrogen) atoms. The van der Waals surface area contributed by atoms with Gasteiger partial charge in [0.15, 0.2) is 0 Å². The molecule has 0 saturated heterocycles. The highest BCUT2D eigenvalue weighted by Crippen LogP contribution is 2.14. The average molecular weight is 200 g/mol. The van der Waals surface area contributed by atoms with Crippen LogP contribution in [0, 0.1) is 0 Å². The molecule has 0 saturated carbocycles. The van der Waals surface area contributed by atoms with Gasteiger partial charge in [0.1, 0.15) is 0 Å². The van der Waals surface area contributed by atoms with Crippen molar-refractivity contribution in [2.24, 2.45) is 0 Å². The Hall–Kier alpha value is -1.41. The van der Waals surface area contributed by atoms with Crippen LogP contribution in [0.1, 0.15) is 18.5 Å². The number of aromatic nitrogens is 1. The molecule has 0 aliphatic carbocycles. The molecule has 77 valence electrons. The van der Waals surface area contributed by atoms with E-state index in [0.717, 1.165) is 25.0 Å². The number of rotatable bonds is 4. The standard InChI is InChI=1S/C13H14NO/c15-8-4-3-7-13-9-11-5-1-2-6-12(11)10-14-13/h1-2,5-6,9-10H,3-4,7-8H2. The van der Waals surface area contributed by atoms with E-state index in [1.165, 1.54) is 10.8 Å². The van der Waals surface area contributed by atoms with Crippen molar-refractivity contribution < 1.29 is 5.11 Å². The molecule has 0 amide bonds. The lowest BCUT2D eigenvalue weighted by Gasteiger charge is -2.01. The predicted octanol–water partition coefficient (Wildman–Crippen LogP) is 2.99. The molecule has 1 radical (unpaired) electrons. The third kappa shape index (κ3) is 2.54. The minimum absolute atomic E-state index is 0.0214. The lowest BCUT2D eigenvalue weighted by atomic mass is 10.1. The zero-order valence-corrected chi connectivity index (χ0v) is 8.65. The second kappa shape index (κ2) is 4.89. The van der Waals surface area contributed by atoms with Crippen LogP contribution in [0.15, 0.2) is 36.5 Å². The Kier molecular flexibility index (Phi) is 3.30. The molecule has 0 aliphatic rings. The Morgan fingerprint density at radius 3 is 2.67 bits per heavy atom. The van der Waals surface area contributed by atoms with Crippen molar-refractivity contribution in [3.63, 3.8) is 0 Å². The monoisotopic (exact) mass is 200 g/mol. The lowest BCUT2D eigenvalue weighted by molar-refractivity contribution is 0.187. The van der Waals surface area contributed by atoms with Gasteiger partial charge >= 0.3 is 0 Å². The van der Waals surface area contributed by atoms with E-state index < -0.39 is 0 Å². The van der Waals surface area contributed by atoms with E-state index in [1.807, 2.05) is 18.3 Å². The van der Waals surface area contributed by atoms with Gasteiger partial charge in [0, 0.05) is 17.3 Å². The third-order valence-corrected chi connectivity index (χ3v) is 2.51. The first-order valence-corrected chi connectivity index (χ1v) is 5.32. The second-order valence-corrected chi connectivity index (χ2v) is 3.68. The van der Waals surface area contributed by atoms with Crippen LogP contribution in [0.2, 0.25) is 0 Å². The summed E-state index contributed by atoms with van der Waals surface area (Å²) in [7, 11) is 0. The van der Waals surface area contributed by atoms with Crippen LogP contribution in [-0.2, 0) is 11.5 Å². The Bertz CT molecular complexity index is 439. The van der Waals surface area contributed by atoms with Crippen molar-refractivity contribution in [1.29, 1.82) is 0 Å². The van der Waals surface area contributed by atoms with Gasteiger partial charge in [-0.05, 0) is 30.7 Å². The zero-order valence-electron chi connectivity index (χ0n) is 8.65. The summed E-state index contributed by atoms with van der Waals surface area (Å²) in [5.41, 5.74) is 1.09. The maximum Gasteiger partial charge on any atom is 0.0822 e. The van der Waals surface area contributed by atoms with Gasteiger partial charge in [-0.2, -0.15) is 0 Å². The molecule has 0 fully saturated rings. The fourth-order valence-corrected chi connectivity index (χ4v) is 1.67. The van der Waals surface area contributed by atoms with Gasteiger partial charge in [0.05, 0.1) is 6.61 Å². The van der Waals surface area contributed by atoms with Crippen LogP contribution in [-0.4, -0.2) is 11.6 Å². The second-order valence-electron chi connectivity index (χ2n) is 3.68. The molecular formula is C13H14NO. The summed E-state index contributed by atoms with van der Waals surface area (Å²) >= 11 is 0. The van der Waals surface area contributed by atoms with Gasteiger partial charge in [-0.1, -0.05) is 24.3 Å². The van der Waals surface area contributed by atoms with Crippen LogP contribution in [0.3, 0.4) is 0 Å². The average Bonchev–Trinajstić information content (AvgIpc) is 2.29. The van der Waals surface area contributed by atoms with Crippen molar-refractivity contribution in [1.82, 2.24) is 4.98 Å². The summed E-state index contributed by atoms with van der Waals surface area (Å²) in [4.78, 5) is 4.38. The highest BCUT2D eigenvalue weighted by Gasteiger charge is 1.97. The summed E-state index contributed by atoms with van der Waals surface area (Å²) in [5, 5.41) is 12.7. The number of nitrogens with zero attached hydrogens (tertiary/aromatic N) is 1. The minimum atomic E-state index is 0.0214. The third-order valence-electron chi connectivity index (χ3n) is 2.51. The van der Waals surface area contributed by atoms with Crippen molar-refractivity contribution in [3.05, 3.63) is 42.2 Å². The van der Waals surface area contributed by atoms with E-state index in [1.54, 1.807) is 0 Å². The number of hydrogen-bond acceptors (Lipinski definition) is 1. The smallest absolute Gasteiger partial charge is 0.0822 e. The van der Waals surface area contributed by atoms with E-state index in [0.29, 0.717) is 0 Å². The van der Waals surface area contributed by atoms with E-state index in [9.17, 15) is 5.11 Å². The highest BCUT2D eigenvalue weighted by atomic mass is 16.2. The van der Waals surface area contributed by atoms with Crippen molar-refractivity contribution in [2.45, 2.75) is 19.3 Å². The molecule has 0 aliphatic heterocycles. The van der Waals surface area contributed by atoms with E-state index in [-0.39, 0.29) is 6.61 Å². The first-order valence-electron chi connectivity index (χ1n) is 5.32. The lowest BCUT2D eigenvalue weighted by Crippen LogP contribution is -1.91. The molecule has 0 bridgehead atoms. The van der Waals surface area contributed by atoms with Crippen molar-refractivity contribution >= 4 is 10.8 Å². The number of aryl methyl sites for hydroxylation is 1. The molecule has 0 unspecified atom stereocenters. The molecule has 1 aromatic heterocycles. The largest absolute Gasteiger partial charge is 0.261 e. The Balaban J connectivity index is 2.16.